The topological polar surface area (TPSA) is 99.5 Å². The van der Waals surface area contributed by atoms with E-state index in [4.69, 9.17) is 0 Å². The molecular formula is C21H21F2N3O4S. The second-order valence-corrected chi connectivity index (χ2v) is 8.13. The van der Waals surface area contributed by atoms with Crippen LogP contribution in [0.2, 0.25) is 0 Å². The van der Waals surface area contributed by atoms with Crippen molar-refractivity contribution in [3.8, 4) is 11.8 Å². The summed E-state index contributed by atoms with van der Waals surface area (Å²) in [5, 5.41) is 11.8. The number of carbonyl (C=O) groups is 1. The van der Waals surface area contributed by atoms with Crippen molar-refractivity contribution in [2.24, 2.45) is 0 Å². The van der Waals surface area contributed by atoms with Crippen molar-refractivity contribution >= 4 is 27.7 Å². The Morgan fingerprint density at radius 3 is 2.39 bits per heavy atom. The van der Waals surface area contributed by atoms with E-state index in [0.717, 1.165) is 0 Å². The summed E-state index contributed by atoms with van der Waals surface area (Å²) in [5.74, 6) is -0.797. The molecule has 0 radical (unpaired) electrons. The quantitative estimate of drug-likeness (QED) is 0.463. The zero-order valence-corrected chi connectivity index (χ0v) is 17.7. The highest BCUT2D eigenvalue weighted by Crippen LogP contribution is 2.21. The third kappa shape index (κ3) is 6.34. The molecule has 2 rings (SSSR count). The van der Waals surface area contributed by atoms with E-state index in [9.17, 15) is 27.3 Å². The summed E-state index contributed by atoms with van der Waals surface area (Å²) in [4.78, 5) is 12.5. The van der Waals surface area contributed by atoms with Gasteiger partial charge in [0.05, 0.1) is 4.90 Å². The predicted molar refractivity (Wildman–Crippen MR) is 112 cm³/mol. The van der Waals surface area contributed by atoms with Crippen molar-refractivity contribution in [2.45, 2.75) is 25.4 Å². The number of carbonyl (C=O) groups excluding carboxylic acids is 1. The van der Waals surface area contributed by atoms with Gasteiger partial charge in [-0.3, -0.25) is 4.79 Å². The van der Waals surface area contributed by atoms with Gasteiger partial charge < -0.3 is 10.1 Å². The zero-order chi connectivity index (χ0) is 23.0. The molecule has 1 N–H and O–H groups in total. The largest absolute Gasteiger partial charge is 0.435 e. The van der Waals surface area contributed by atoms with Crippen LogP contribution in [0.4, 0.5) is 14.5 Å². The number of rotatable bonds is 9. The fourth-order valence-electron chi connectivity index (χ4n) is 2.71. The standard InChI is InChI=1S/C21H21F2N3O4S/c1-3-26(4-2)31(28,29)19-7-5-6-17(13-19)25-20(27)16(14-24)12-15-8-10-18(11-9-15)30-21(22)23/h5-13,21H,3-4H2,1-2H3,(H,25,27)/b16-12-. The smallest absolute Gasteiger partial charge is 0.387 e. The van der Waals surface area contributed by atoms with Crippen LogP contribution in [0.1, 0.15) is 19.4 Å². The van der Waals surface area contributed by atoms with Crippen LogP contribution in [-0.4, -0.2) is 38.3 Å². The summed E-state index contributed by atoms with van der Waals surface area (Å²) >= 11 is 0. The first-order valence-electron chi connectivity index (χ1n) is 9.29. The summed E-state index contributed by atoms with van der Waals surface area (Å²) < 4.78 is 55.3. The van der Waals surface area contributed by atoms with Crippen molar-refractivity contribution in [1.29, 1.82) is 5.26 Å². The van der Waals surface area contributed by atoms with Gasteiger partial charge in [0.15, 0.2) is 0 Å². The Kier molecular flexibility index (Phi) is 8.24. The molecule has 2 aromatic rings. The molecule has 0 aliphatic heterocycles. The first-order valence-corrected chi connectivity index (χ1v) is 10.7. The number of benzene rings is 2. The van der Waals surface area contributed by atoms with E-state index in [1.54, 1.807) is 19.9 Å². The molecule has 164 valence electrons. The fraction of sp³-hybridized carbons (Fsp3) is 0.238. The van der Waals surface area contributed by atoms with E-state index in [1.807, 2.05) is 0 Å². The van der Waals surface area contributed by atoms with E-state index < -0.39 is 22.5 Å². The molecule has 0 fully saturated rings. The molecule has 0 unspecified atom stereocenters. The summed E-state index contributed by atoms with van der Waals surface area (Å²) in [6.45, 7) is 1.10. The molecule has 7 nitrogen and oxygen atoms in total. The second kappa shape index (κ2) is 10.7. The second-order valence-electron chi connectivity index (χ2n) is 6.19. The van der Waals surface area contributed by atoms with E-state index in [0.29, 0.717) is 18.7 Å². The summed E-state index contributed by atoms with van der Waals surface area (Å²) in [7, 11) is -3.71. The average Bonchev–Trinajstić information content (AvgIpc) is 2.73. The van der Waals surface area contributed by atoms with E-state index in [2.05, 4.69) is 10.1 Å². The van der Waals surface area contributed by atoms with Crippen molar-refractivity contribution in [1.82, 2.24) is 4.31 Å². The van der Waals surface area contributed by atoms with Crippen LogP contribution in [0.15, 0.2) is 59.0 Å². The number of nitrogens with zero attached hydrogens (tertiary/aromatic N) is 2. The van der Waals surface area contributed by atoms with Gasteiger partial charge in [0.25, 0.3) is 5.91 Å². The number of anilines is 1. The van der Waals surface area contributed by atoms with Gasteiger partial charge in [-0.15, -0.1) is 0 Å². The van der Waals surface area contributed by atoms with Gasteiger partial charge in [-0.25, -0.2) is 8.42 Å². The SMILES string of the molecule is CCN(CC)S(=O)(=O)c1cccc(NC(=O)/C(C#N)=C\c2ccc(OC(F)F)cc2)c1. The van der Waals surface area contributed by atoms with Gasteiger partial charge in [-0.1, -0.05) is 32.0 Å². The molecule has 0 aliphatic rings. The number of nitrogens with one attached hydrogen (secondary N) is 1. The average molecular weight is 449 g/mol. The lowest BCUT2D eigenvalue weighted by molar-refractivity contribution is -0.112. The molecule has 31 heavy (non-hydrogen) atoms. The third-order valence-electron chi connectivity index (χ3n) is 4.22. The Labute approximate surface area is 179 Å². The number of sulfonamides is 1. The number of ether oxygens (including phenoxy) is 1. The lowest BCUT2D eigenvalue weighted by Crippen LogP contribution is -2.30. The maximum absolute atomic E-state index is 12.7. The highest BCUT2D eigenvalue weighted by Gasteiger charge is 2.22. The normalized spacial score (nSPS) is 12.0. The first kappa shape index (κ1) is 24.0. The fourth-order valence-corrected chi connectivity index (χ4v) is 4.21. The van der Waals surface area contributed by atoms with E-state index in [-0.39, 0.29) is 21.9 Å². The summed E-state index contributed by atoms with van der Waals surface area (Å²) in [6, 6.07) is 12.9. The molecular weight excluding hydrogens is 428 g/mol. The number of amides is 1. The molecule has 0 saturated carbocycles. The summed E-state index contributed by atoms with van der Waals surface area (Å²) in [5.41, 5.74) is 0.380. The van der Waals surface area contributed by atoms with Crippen molar-refractivity contribution in [2.75, 3.05) is 18.4 Å². The van der Waals surface area contributed by atoms with Crippen LogP contribution >= 0.6 is 0 Å². The summed E-state index contributed by atoms with van der Waals surface area (Å²) in [6.07, 6.45) is 1.28. The van der Waals surface area contributed by atoms with Crippen LogP contribution in [0.3, 0.4) is 0 Å². The van der Waals surface area contributed by atoms with E-state index >= 15 is 0 Å². The van der Waals surface area contributed by atoms with E-state index in [1.165, 1.54) is 58.9 Å². The zero-order valence-electron chi connectivity index (χ0n) is 16.9. The number of hydrogen-bond acceptors (Lipinski definition) is 5. The maximum atomic E-state index is 12.7. The van der Waals surface area contributed by atoms with Crippen molar-refractivity contribution < 1.29 is 26.7 Å². The number of hydrogen-bond donors (Lipinski definition) is 1. The molecule has 0 spiro atoms. The Morgan fingerprint density at radius 1 is 1.19 bits per heavy atom. The van der Waals surface area contributed by atoms with Crippen LogP contribution in [0.5, 0.6) is 5.75 Å². The molecule has 0 heterocycles. The van der Waals surface area contributed by atoms with Crippen LogP contribution in [0.25, 0.3) is 6.08 Å². The van der Waals surface area contributed by atoms with Gasteiger partial charge >= 0.3 is 6.61 Å². The van der Waals surface area contributed by atoms with Gasteiger partial charge in [-0.05, 0) is 42.0 Å². The number of alkyl halides is 2. The molecule has 1 amide bonds. The van der Waals surface area contributed by atoms with Crippen LogP contribution < -0.4 is 10.1 Å². The third-order valence-corrected chi connectivity index (χ3v) is 6.26. The Hall–Kier alpha value is -3.29. The Balaban J connectivity index is 2.21. The highest BCUT2D eigenvalue weighted by atomic mass is 32.2. The van der Waals surface area contributed by atoms with Crippen LogP contribution in [0, 0.1) is 11.3 Å². The minimum atomic E-state index is -3.71. The minimum absolute atomic E-state index is 0.0195. The van der Waals surface area contributed by atoms with Crippen LogP contribution in [-0.2, 0) is 14.8 Å². The minimum Gasteiger partial charge on any atom is -0.435 e. The molecule has 0 aromatic heterocycles. The monoisotopic (exact) mass is 449 g/mol. The van der Waals surface area contributed by atoms with Gasteiger partial charge in [0.1, 0.15) is 17.4 Å². The molecule has 0 bridgehead atoms. The maximum Gasteiger partial charge on any atom is 0.387 e. The lowest BCUT2D eigenvalue weighted by Gasteiger charge is -2.18. The number of halogens is 2. The highest BCUT2D eigenvalue weighted by molar-refractivity contribution is 7.89. The van der Waals surface area contributed by atoms with Crippen molar-refractivity contribution in [3.63, 3.8) is 0 Å². The Bertz CT molecular complexity index is 1090. The van der Waals surface area contributed by atoms with Gasteiger partial charge in [0, 0.05) is 18.8 Å². The van der Waals surface area contributed by atoms with Crippen molar-refractivity contribution in [3.05, 3.63) is 59.7 Å². The molecule has 0 saturated heterocycles. The lowest BCUT2D eigenvalue weighted by atomic mass is 10.1. The van der Waals surface area contributed by atoms with Gasteiger partial charge in [0.2, 0.25) is 10.0 Å². The molecule has 0 aliphatic carbocycles. The van der Waals surface area contributed by atoms with Gasteiger partial charge in [-0.2, -0.15) is 18.3 Å². The molecule has 2 aromatic carbocycles. The Morgan fingerprint density at radius 2 is 1.84 bits per heavy atom. The predicted octanol–water partition coefficient (Wildman–Crippen LogP) is 3.86. The number of nitriles is 1. The molecule has 10 heteroatoms. The molecule has 0 atom stereocenters. The first-order chi connectivity index (χ1) is 14.7.